The smallest absolute Gasteiger partial charge is 0.0540 e. The summed E-state index contributed by atoms with van der Waals surface area (Å²) >= 11 is 0. The Hall–Kier alpha value is -2.64. The molecule has 0 saturated heterocycles. The monoisotopic (exact) mass is 298 g/mol. The first-order valence-electron chi connectivity index (χ1n) is 7.94. The highest BCUT2D eigenvalue weighted by Crippen LogP contribution is 2.30. The van der Waals surface area contributed by atoms with E-state index in [1.807, 2.05) is 18.2 Å². The maximum atomic E-state index is 9.88. The van der Waals surface area contributed by atoms with Crippen molar-refractivity contribution in [1.82, 2.24) is 0 Å². The van der Waals surface area contributed by atoms with Gasteiger partial charge in [0.15, 0.2) is 0 Å². The van der Waals surface area contributed by atoms with Crippen LogP contribution in [0.15, 0.2) is 84.9 Å². The standard InChI is InChI=1S/C22H18O/c23-15-22(16-6-2-1-3-7-16)19-12-13-21-18(14-19)11-10-17-8-4-5-9-20(17)21/h1-14,22-23H,15H2. The Kier molecular flexibility index (Phi) is 3.57. The minimum absolute atomic E-state index is 0.0204. The molecule has 112 valence electrons. The summed E-state index contributed by atoms with van der Waals surface area (Å²) in [5.74, 6) is 0.0204. The molecule has 0 fully saturated rings. The molecule has 0 aromatic heterocycles. The van der Waals surface area contributed by atoms with Crippen molar-refractivity contribution in [2.75, 3.05) is 6.61 Å². The van der Waals surface area contributed by atoms with E-state index in [-0.39, 0.29) is 12.5 Å². The molecule has 1 N–H and O–H groups in total. The van der Waals surface area contributed by atoms with Crippen molar-refractivity contribution in [3.05, 3.63) is 96.1 Å². The van der Waals surface area contributed by atoms with Crippen molar-refractivity contribution in [3.8, 4) is 0 Å². The number of benzene rings is 4. The molecule has 1 unspecified atom stereocenters. The number of aliphatic hydroxyl groups excluding tert-OH is 1. The fourth-order valence-corrected chi connectivity index (χ4v) is 3.34. The van der Waals surface area contributed by atoms with Gasteiger partial charge in [0.2, 0.25) is 0 Å². The average Bonchev–Trinajstić information content (AvgIpc) is 2.63. The Labute approximate surface area is 135 Å². The maximum Gasteiger partial charge on any atom is 0.0540 e. The van der Waals surface area contributed by atoms with Crippen molar-refractivity contribution >= 4 is 21.5 Å². The largest absolute Gasteiger partial charge is 0.395 e. The predicted molar refractivity (Wildman–Crippen MR) is 96.8 cm³/mol. The van der Waals surface area contributed by atoms with E-state index in [2.05, 4.69) is 66.7 Å². The molecule has 0 aliphatic rings. The van der Waals surface area contributed by atoms with E-state index in [1.54, 1.807) is 0 Å². The molecule has 0 saturated carbocycles. The normalized spacial score (nSPS) is 12.6. The van der Waals surface area contributed by atoms with Crippen LogP contribution < -0.4 is 0 Å². The van der Waals surface area contributed by atoms with Crippen molar-refractivity contribution in [2.24, 2.45) is 0 Å². The van der Waals surface area contributed by atoms with E-state index >= 15 is 0 Å². The zero-order valence-corrected chi connectivity index (χ0v) is 12.8. The van der Waals surface area contributed by atoms with Crippen molar-refractivity contribution < 1.29 is 5.11 Å². The molecule has 0 bridgehead atoms. The molecule has 1 heteroatoms. The van der Waals surface area contributed by atoms with Gasteiger partial charge in [-0.2, -0.15) is 0 Å². The Balaban J connectivity index is 1.87. The summed E-state index contributed by atoms with van der Waals surface area (Å²) in [6.45, 7) is 0.114. The Morgan fingerprint density at radius 1 is 0.609 bits per heavy atom. The molecule has 23 heavy (non-hydrogen) atoms. The molecule has 0 radical (unpaired) electrons. The lowest BCUT2D eigenvalue weighted by atomic mass is 9.90. The quantitative estimate of drug-likeness (QED) is 0.521. The van der Waals surface area contributed by atoms with Crippen LogP contribution in [0.25, 0.3) is 21.5 Å². The van der Waals surface area contributed by atoms with Crippen LogP contribution in [0.5, 0.6) is 0 Å². The van der Waals surface area contributed by atoms with Gasteiger partial charge in [-0.15, -0.1) is 0 Å². The lowest BCUT2D eigenvalue weighted by Crippen LogP contribution is -2.05. The molecule has 0 spiro atoms. The van der Waals surface area contributed by atoms with Gasteiger partial charge in [-0.3, -0.25) is 0 Å². The number of rotatable bonds is 3. The molecule has 4 rings (SSSR count). The Bertz CT molecular complexity index is 957. The number of fused-ring (bicyclic) bond motifs is 3. The van der Waals surface area contributed by atoms with E-state index in [0.717, 1.165) is 11.1 Å². The van der Waals surface area contributed by atoms with Crippen LogP contribution in [0, 0.1) is 0 Å². The van der Waals surface area contributed by atoms with E-state index < -0.39 is 0 Å². The Morgan fingerprint density at radius 3 is 2.13 bits per heavy atom. The highest BCUT2D eigenvalue weighted by Gasteiger charge is 2.13. The summed E-state index contributed by atoms with van der Waals surface area (Å²) < 4.78 is 0. The van der Waals surface area contributed by atoms with Gasteiger partial charge in [-0.25, -0.2) is 0 Å². The van der Waals surface area contributed by atoms with Crippen LogP contribution in [-0.4, -0.2) is 11.7 Å². The summed E-state index contributed by atoms with van der Waals surface area (Å²) in [6, 6.07) is 29.5. The lowest BCUT2D eigenvalue weighted by Gasteiger charge is -2.16. The molecule has 0 aliphatic heterocycles. The van der Waals surface area contributed by atoms with Gasteiger partial charge in [0.05, 0.1) is 6.61 Å². The molecule has 4 aromatic carbocycles. The van der Waals surface area contributed by atoms with Crippen LogP contribution in [0.1, 0.15) is 17.0 Å². The van der Waals surface area contributed by atoms with Crippen molar-refractivity contribution in [1.29, 1.82) is 0 Å². The third-order valence-electron chi connectivity index (χ3n) is 4.56. The highest BCUT2D eigenvalue weighted by atomic mass is 16.3. The van der Waals surface area contributed by atoms with Gasteiger partial charge in [0, 0.05) is 5.92 Å². The van der Waals surface area contributed by atoms with E-state index in [9.17, 15) is 5.11 Å². The van der Waals surface area contributed by atoms with Crippen molar-refractivity contribution in [3.63, 3.8) is 0 Å². The third kappa shape index (κ3) is 2.49. The van der Waals surface area contributed by atoms with Crippen LogP contribution in [0.4, 0.5) is 0 Å². The van der Waals surface area contributed by atoms with Crippen molar-refractivity contribution in [2.45, 2.75) is 5.92 Å². The van der Waals surface area contributed by atoms with Gasteiger partial charge in [0.1, 0.15) is 0 Å². The summed E-state index contributed by atoms with van der Waals surface area (Å²) in [5.41, 5.74) is 2.30. The first-order valence-corrected chi connectivity index (χ1v) is 7.94. The molecule has 1 nitrogen and oxygen atoms in total. The topological polar surface area (TPSA) is 20.2 Å². The number of hydrogen-bond acceptors (Lipinski definition) is 1. The van der Waals surface area contributed by atoms with Gasteiger partial charge in [0.25, 0.3) is 0 Å². The second kappa shape index (κ2) is 5.86. The van der Waals surface area contributed by atoms with Crippen LogP contribution in [-0.2, 0) is 0 Å². The van der Waals surface area contributed by atoms with Gasteiger partial charge < -0.3 is 5.11 Å². The first-order chi connectivity index (χ1) is 11.4. The third-order valence-corrected chi connectivity index (χ3v) is 4.56. The first kappa shape index (κ1) is 14.0. The minimum Gasteiger partial charge on any atom is -0.395 e. The molecular weight excluding hydrogens is 280 g/mol. The molecule has 0 heterocycles. The summed E-state index contributed by atoms with van der Waals surface area (Å²) in [7, 11) is 0. The minimum atomic E-state index is 0.0204. The summed E-state index contributed by atoms with van der Waals surface area (Å²) in [5, 5.41) is 14.9. The van der Waals surface area contributed by atoms with E-state index in [4.69, 9.17) is 0 Å². The molecular formula is C22H18O. The summed E-state index contributed by atoms with van der Waals surface area (Å²) in [6.07, 6.45) is 0. The molecule has 4 aromatic rings. The van der Waals surface area contributed by atoms with Crippen LogP contribution >= 0.6 is 0 Å². The van der Waals surface area contributed by atoms with Crippen LogP contribution in [0.2, 0.25) is 0 Å². The zero-order chi connectivity index (χ0) is 15.6. The highest BCUT2D eigenvalue weighted by molar-refractivity contribution is 6.07. The predicted octanol–water partition coefficient (Wildman–Crippen LogP) is 5.12. The molecule has 0 amide bonds. The number of aliphatic hydroxyl groups is 1. The molecule has 0 aliphatic carbocycles. The summed E-state index contributed by atoms with van der Waals surface area (Å²) in [4.78, 5) is 0. The van der Waals surface area contributed by atoms with Crippen LogP contribution in [0.3, 0.4) is 0 Å². The maximum absolute atomic E-state index is 9.88. The van der Waals surface area contributed by atoms with E-state index in [0.29, 0.717) is 0 Å². The fraction of sp³-hybridized carbons (Fsp3) is 0.0909. The van der Waals surface area contributed by atoms with E-state index in [1.165, 1.54) is 21.5 Å². The SMILES string of the molecule is OCC(c1ccccc1)c1ccc2c(ccc3ccccc32)c1. The zero-order valence-electron chi connectivity index (χ0n) is 12.8. The second-order valence-electron chi connectivity index (χ2n) is 5.91. The van der Waals surface area contributed by atoms with Gasteiger partial charge in [-0.1, -0.05) is 84.9 Å². The average molecular weight is 298 g/mol. The lowest BCUT2D eigenvalue weighted by molar-refractivity contribution is 0.280. The molecule has 1 atom stereocenters. The van der Waals surface area contributed by atoms with Gasteiger partial charge in [-0.05, 0) is 32.7 Å². The second-order valence-corrected chi connectivity index (χ2v) is 5.91. The van der Waals surface area contributed by atoms with Gasteiger partial charge >= 0.3 is 0 Å². The fourth-order valence-electron chi connectivity index (χ4n) is 3.34. The number of hydrogen-bond donors (Lipinski definition) is 1. The Morgan fingerprint density at radius 2 is 1.30 bits per heavy atom.